The monoisotopic (exact) mass is 351 g/mol. The van der Waals surface area contributed by atoms with Crippen LogP contribution in [0.1, 0.15) is 10.4 Å². The fourth-order valence-corrected chi connectivity index (χ4v) is 1.58. The van der Waals surface area contributed by atoms with Crippen LogP contribution < -0.4 is 11.6 Å². The highest BCUT2D eigenvalue weighted by Gasteiger charge is 2.15. The third-order valence-corrected chi connectivity index (χ3v) is 3.70. The third kappa shape index (κ3) is 2.97. The van der Waals surface area contributed by atoms with Gasteiger partial charge in [0.15, 0.2) is 5.11 Å². The smallest absolute Gasteiger partial charge is 0.274 e. The molecule has 1 amide bonds. The number of halogens is 2. The van der Waals surface area contributed by atoms with Crippen molar-refractivity contribution in [2.24, 2.45) is 11.6 Å². The Morgan fingerprint density at radius 2 is 1.93 bits per heavy atom. The van der Waals surface area contributed by atoms with Crippen molar-refractivity contribution in [1.82, 2.24) is 5.01 Å². The molecule has 0 spiro atoms. The number of amides is 1. The summed E-state index contributed by atoms with van der Waals surface area (Å²) >= 11 is 11.2. The molecule has 0 unspecified atom stereocenters. The van der Waals surface area contributed by atoms with E-state index in [0.29, 0.717) is 5.56 Å². The molecule has 0 aliphatic carbocycles. The fraction of sp³-hybridized carbons (Fsp3) is 0. The molecule has 7 heteroatoms. The molecule has 4 N–H and O–H groups in total. The van der Waals surface area contributed by atoms with Gasteiger partial charge in [-0.1, -0.05) is 0 Å². The van der Waals surface area contributed by atoms with Gasteiger partial charge in [0.2, 0.25) is 0 Å². The molecule has 1 aromatic carbocycles. The van der Waals surface area contributed by atoms with E-state index in [2.05, 4.69) is 44.1 Å². The molecular formula is C8H7Br2N3OS. The van der Waals surface area contributed by atoms with E-state index in [0.717, 1.165) is 14.0 Å². The number of nitrogens with zero attached hydrogens (tertiary/aromatic N) is 1. The van der Waals surface area contributed by atoms with Gasteiger partial charge in [0.25, 0.3) is 5.91 Å². The Morgan fingerprint density at radius 1 is 1.33 bits per heavy atom. The Kier molecular flexibility index (Phi) is 4.21. The van der Waals surface area contributed by atoms with Crippen LogP contribution in [0, 0.1) is 0 Å². The Morgan fingerprint density at radius 3 is 2.40 bits per heavy atom. The van der Waals surface area contributed by atoms with E-state index in [9.17, 15) is 4.79 Å². The van der Waals surface area contributed by atoms with Gasteiger partial charge in [-0.05, 0) is 62.3 Å². The minimum atomic E-state index is -0.448. The van der Waals surface area contributed by atoms with Gasteiger partial charge < -0.3 is 5.73 Å². The number of nitrogens with two attached hydrogens (primary N) is 2. The molecular weight excluding hydrogens is 346 g/mol. The molecule has 0 fully saturated rings. The number of benzene rings is 1. The highest BCUT2D eigenvalue weighted by molar-refractivity contribution is 9.13. The standard InChI is InChI=1S/C8H7Br2N3OS/c9-5-2-1-4(3-6(5)10)7(14)13(12)8(11)15/h1-3H,12H2,(H2,11,15). The molecule has 4 nitrogen and oxygen atoms in total. The molecule has 0 aliphatic heterocycles. The topological polar surface area (TPSA) is 72.3 Å². The van der Waals surface area contributed by atoms with Gasteiger partial charge in [-0.15, -0.1) is 0 Å². The zero-order valence-electron chi connectivity index (χ0n) is 7.41. The Hall–Kier alpha value is -0.500. The number of rotatable bonds is 1. The normalized spacial score (nSPS) is 9.80. The third-order valence-electron chi connectivity index (χ3n) is 1.62. The van der Waals surface area contributed by atoms with E-state index < -0.39 is 5.91 Å². The van der Waals surface area contributed by atoms with Crippen LogP contribution in [0.15, 0.2) is 27.1 Å². The summed E-state index contributed by atoms with van der Waals surface area (Å²) in [6, 6.07) is 4.98. The van der Waals surface area contributed by atoms with Crippen LogP contribution in [-0.4, -0.2) is 16.0 Å². The molecule has 1 rings (SSSR count). The summed E-state index contributed by atoms with van der Waals surface area (Å²) in [6.07, 6.45) is 0. The summed E-state index contributed by atoms with van der Waals surface area (Å²) in [5, 5.41) is 0.560. The summed E-state index contributed by atoms with van der Waals surface area (Å²) in [6.45, 7) is 0. The zero-order valence-corrected chi connectivity index (χ0v) is 11.4. The molecule has 0 heterocycles. The van der Waals surface area contributed by atoms with Crippen molar-refractivity contribution in [3.63, 3.8) is 0 Å². The van der Waals surface area contributed by atoms with E-state index >= 15 is 0 Å². The second-order valence-corrected chi connectivity index (χ2v) is 4.77. The first-order chi connectivity index (χ1) is 6.93. The maximum absolute atomic E-state index is 11.6. The second-order valence-electron chi connectivity index (χ2n) is 2.64. The number of carbonyl (C=O) groups excluding carboxylic acids is 1. The second kappa shape index (κ2) is 5.02. The van der Waals surface area contributed by atoms with E-state index in [4.69, 9.17) is 11.6 Å². The van der Waals surface area contributed by atoms with Crippen molar-refractivity contribution in [2.45, 2.75) is 0 Å². The van der Waals surface area contributed by atoms with Crippen LogP contribution in [0.5, 0.6) is 0 Å². The molecule has 0 radical (unpaired) electrons. The zero-order chi connectivity index (χ0) is 11.6. The largest absolute Gasteiger partial charge is 0.375 e. The average molecular weight is 353 g/mol. The van der Waals surface area contributed by atoms with Gasteiger partial charge in [-0.2, -0.15) is 0 Å². The van der Waals surface area contributed by atoms with Gasteiger partial charge in [-0.3, -0.25) is 4.79 Å². The summed E-state index contributed by atoms with van der Waals surface area (Å²) < 4.78 is 1.60. The first-order valence-electron chi connectivity index (χ1n) is 3.77. The molecule has 0 aromatic heterocycles. The van der Waals surface area contributed by atoms with Crippen molar-refractivity contribution in [2.75, 3.05) is 0 Å². The van der Waals surface area contributed by atoms with Crippen LogP contribution >= 0.6 is 44.1 Å². The van der Waals surface area contributed by atoms with Gasteiger partial charge in [0, 0.05) is 14.5 Å². The minimum Gasteiger partial charge on any atom is -0.375 e. The lowest BCUT2D eigenvalue weighted by atomic mass is 10.2. The molecule has 0 atom stereocenters. The first kappa shape index (κ1) is 12.6. The Bertz CT molecular complexity index is 424. The highest BCUT2D eigenvalue weighted by Crippen LogP contribution is 2.24. The molecule has 15 heavy (non-hydrogen) atoms. The number of thiocarbonyl (C=S) groups is 1. The maximum Gasteiger partial charge on any atom is 0.274 e. The summed E-state index contributed by atoms with van der Waals surface area (Å²) in [5.41, 5.74) is 5.64. The predicted octanol–water partition coefficient (Wildman–Crippen LogP) is 1.77. The van der Waals surface area contributed by atoms with E-state index in [1.807, 2.05) is 0 Å². The first-order valence-corrected chi connectivity index (χ1v) is 5.76. The van der Waals surface area contributed by atoms with Crippen molar-refractivity contribution in [3.05, 3.63) is 32.7 Å². The number of hydrogen-bond acceptors (Lipinski definition) is 3. The average Bonchev–Trinajstić information content (AvgIpc) is 2.19. The lowest BCUT2D eigenvalue weighted by molar-refractivity contribution is 0.0848. The van der Waals surface area contributed by atoms with Gasteiger partial charge in [0.1, 0.15) is 0 Å². The Balaban J connectivity index is 3.02. The molecule has 0 saturated carbocycles. The van der Waals surface area contributed by atoms with Crippen LogP contribution in [0.2, 0.25) is 0 Å². The lowest BCUT2D eigenvalue weighted by Crippen LogP contribution is -2.45. The molecule has 0 aliphatic rings. The molecule has 0 bridgehead atoms. The summed E-state index contributed by atoms with van der Waals surface area (Å²) in [4.78, 5) is 11.6. The molecule has 0 saturated heterocycles. The van der Waals surface area contributed by atoms with Crippen molar-refractivity contribution in [3.8, 4) is 0 Å². The van der Waals surface area contributed by atoms with Crippen LogP contribution in [-0.2, 0) is 0 Å². The lowest BCUT2D eigenvalue weighted by Gasteiger charge is -2.14. The Labute approximate surface area is 109 Å². The predicted molar refractivity (Wildman–Crippen MR) is 69.0 cm³/mol. The maximum atomic E-state index is 11.6. The van der Waals surface area contributed by atoms with Crippen molar-refractivity contribution < 1.29 is 4.79 Å². The number of hydrazine groups is 1. The molecule has 1 aromatic rings. The SMILES string of the molecule is NC(=S)N(N)C(=O)c1ccc(Br)c(Br)c1. The van der Waals surface area contributed by atoms with Gasteiger partial charge in [0.05, 0.1) is 0 Å². The number of carbonyl (C=O) groups is 1. The quantitative estimate of drug-likeness (QED) is 0.349. The minimum absolute atomic E-state index is 0.168. The van der Waals surface area contributed by atoms with Crippen LogP contribution in [0.4, 0.5) is 0 Å². The van der Waals surface area contributed by atoms with E-state index in [1.165, 1.54) is 0 Å². The van der Waals surface area contributed by atoms with E-state index in [1.54, 1.807) is 18.2 Å². The van der Waals surface area contributed by atoms with Crippen molar-refractivity contribution in [1.29, 1.82) is 0 Å². The van der Waals surface area contributed by atoms with Crippen LogP contribution in [0.25, 0.3) is 0 Å². The van der Waals surface area contributed by atoms with E-state index in [-0.39, 0.29) is 5.11 Å². The fourth-order valence-electron chi connectivity index (χ4n) is 0.868. The highest BCUT2D eigenvalue weighted by atomic mass is 79.9. The summed E-state index contributed by atoms with van der Waals surface area (Å²) in [7, 11) is 0. The summed E-state index contributed by atoms with van der Waals surface area (Å²) in [5.74, 6) is 4.92. The van der Waals surface area contributed by atoms with Gasteiger partial charge in [-0.25, -0.2) is 10.9 Å². The van der Waals surface area contributed by atoms with Gasteiger partial charge >= 0.3 is 0 Å². The molecule has 80 valence electrons. The van der Waals surface area contributed by atoms with Crippen molar-refractivity contribution >= 4 is 55.1 Å². The number of hydrogen-bond donors (Lipinski definition) is 2. The van der Waals surface area contributed by atoms with Crippen LogP contribution in [0.3, 0.4) is 0 Å².